The van der Waals surface area contributed by atoms with E-state index < -0.39 is 0 Å². The van der Waals surface area contributed by atoms with Crippen molar-refractivity contribution in [1.82, 2.24) is 5.32 Å². The van der Waals surface area contributed by atoms with E-state index in [1.165, 1.54) is 0 Å². The molecule has 0 heterocycles. The SMILES string of the molecule is [CH2+]CNCCCS. The first-order chi connectivity index (χ1) is 3.41. The topological polar surface area (TPSA) is 12.0 Å². The van der Waals surface area contributed by atoms with Crippen LogP contribution in [0.3, 0.4) is 0 Å². The molecule has 0 aromatic rings. The van der Waals surface area contributed by atoms with Crippen LogP contribution in [0.25, 0.3) is 0 Å². The zero-order chi connectivity index (χ0) is 5.54. The molecule has 0 radical (unpaired) electrons. The minimum Gasteiger partial charge on any atom is -0.279 e. The van der Waals surface area contributed by atoms with Gasteiger partial charge in [-0.1, -0.05) is 0 Å². The van der Waals surface area contributed by atoms with Gasteiger partial charge in [0.2, 0.25) is 0 Å². The van der Waals surface area contributed by atoms with Crippen LogP contribution in [0.15, 0.2) is 0 Å². The maximum atomic E-state index is 4.03. The minimum absolute atomic E-state index is 0.827. The van der Waals surface area contributed by atoms with E-state index in [0.29, 0.717) is 0 Å². The minimum atomic E-state index is 0.827. The Hall–Kier alpha value is 0.180. The Morgan fingerprint density at radius 1 is 1.57 bits per heavy atom. The normalized spacial score (nSPS) is 9.29. The molecular formula is C5H12NS+. The van der Waals surface area contributed by atoms with Gasteiger partial charge in [-0.25, -0.2) is 0 Å². The molecule has 0 atom stereocenters. The van der Waals surface area contributed by atoms with E-state index in [-0.39, 0.29) is 0 Å². The lowest BCUT2D eigenvalue weighted by molar-refractivity contribution is 0.733. The van der Waals surface area contributed by atoms with Crippen LogP contribution in [-0.4, -0.2) is 18.8 Å². The van der Waals surface area contributed by atoms with E-state index >= 15 is 0 Å². The monoisotopic (exact) mass is 118 g/mol. The molecule has 0 aliphatic heterocycles. The van der Waals surface area contributed by atoms with Crippen molar-refractivity contribution in [2.75, 3.05) is 18.8 Å². The first kappa shape index (κ1) is 7.18. The molecule has 0 aliphatic carbocycles. The summed E-state index contributed by atoms with van der Waals surface area (Å²) in [6.07, 6.45) is 1.14. The van der Waals surface area contributed by atoms with Gasteiger partial charge < -0.3 is 0 Å². The van der Waals surface area contributed by atoms with Crippen LogP contribution in [0.1, 0.15) is 6.42 Å². The lowest BCUT2D eigenvalue weighted by Gasteiger charge is -1.91. The molecule has 0 aliphatic rings. The smallest absolute Gasteiger partial charge is 0.136 e. The van der Waals surface area contributed by atoms with Gasteiger partial charge in [-0.3, -0.25) is 5.32 Å². The Morgan fingerprint density at radius 2 is 2.29 bits per heavy atom. The second-order valence-corrected chi connectivity index (χ2v) is 1.77. The molecule has 0 aromatic carbocycles. The van der Waals surface area contributed by atoms with Crippen molar-refractivity contribution < 1.29 is 0 Å². The molecule has 0 fully saturated rings. The van der Waals surface area contributed by atoms with Crippen molar-refractivity contribution in [3.63, 3.8) is 0 Å². The maximum Gasteiger partial charge on any atom is 0.136 e. The summed E-state index contributed by atoms with van der Waals surface area (Å²) >= 11 is 4.03. The number of hydrogen-bond acceptors (Lipinski definition) is 2. The molecule has 1 nitrogen and oxygen atoms in total. The van der Waals surface area contributed by atoms with E-state index in [1.54, 1.807) is 0 Å². The molecule has 0 aromatic heterocycles. The van der Waals surface area contributed by atoms with Crippen molar-refractivity contribution in [1.29, 1.82) is 0 Å². The molecule has 0 rings (SSSR count). The maximum absolute atomic E-state index is 4.03. The zero-order valence-electron chi connectivity index (χ0n) is 4.48. The molecular weight excluding hydrogens is 106 g/mol. The molecule has 0 saturated carbocycles. The number of thiol groups is 1. The van der Waals surface area contributed by atoms with E-state index in [0.717, 1.165) is 25.3 Å². The van der Waals surface area contributed by atoms with Crippen LogP contribution >= 0.6 is 12.6 Å². The van der Waals surface area contributed by atoms with Gasteiger partial charge in [0.25, 0.3) is 0 Å². The first-order valence-electron chi connectivity index (χ1n) is 2.52. The fourth-order valence-electron chi connectivity index (χ4n) is 0.329. The van der Waals surface area contributed by atoms with Crippen molar-refractivity contribution in [2.24, 2.45) is 0 Å². The summed E-state index contributed by atoms with van der Waals surface area (Å²) in [5.74, 6) is 0.965. The number of rotatable bonds is 4. The van der Waals surface area contributed by atoms with E-state index in [4.69, 9.17) is 0 Å². The molecule has 42 valence electrons. The van der Waals surface area contributed by atoms with Gasteiger partial charge in [0.1, 0.15) is 6.54 Å². The summed E-state index contributed by atoms with van der Waals surface area (Å²) in [6.45, 7) is 5.50. The fraction of sp³-hybridized carbons (Fsp3) is 0.800. The van der Waals surface area contributed by atoms with Crippen molar-refractivity contribution >= 4 is 12.6 Å². The Balaban J connectivity index is 2.45. The highest BCUT2D eigenvalue weighted by Gasteiger charge is 1.80. The van der Waals surface area contributed by atoms with Gasteiger partial charge in [-0.2, -0.15) is 12.6 Å². The van der Waals surface area contributed by atoms with Crippen molar-refractivity contribution in [2.45, 2.75) is 6.42 Å². The zero-order valence-corrected chi connectivity index (χ0v) is 5.38. The molecule has 0 unspecified atom stereocenters. The molecule has 0 bridgehead atoms. The highest BCUT2D eigenvalue weighted by molar-refractivity contribution is 7.80. The fourth-order valence-corrected chi connectivity index (χ4v) is 0.487. The van der Waals surface area contributed by atoms with Gasteiger partial charge >= 0.3 is 0 Å². The number of hydrogen-bond donors (Lipinski definition) is 2. The predicted octanol–water partition coefficient (Wildman–Crippen LogP) is 0.730. The highest BCUT2D eigenvalue weighted by atomic mass is 32.1. The summed E-state index contributed by atoms with van der Waals surface area (Å²) in [6, 6.07) is 0. The first-order valence-corrected chi connectivity index (χ1v) is 3.16. The van der Waals surface area contributed by atoms with Gasteiger partial charge in [0.15, 0.2) is 0 Å². The highest BCUT2D eigenvalue weighted by Crippen LogP contribution is 1.78. The molecule has 1 N–H and O–H groups in total. The largest absolute Gasteiger partial charge is 0.279 e. The lowest BCUT2D eigenvalue weighted by atomic mass is 10.5. The summed E-state index contributed by atoms with van der Waals surface area (Å²) in [4.78, 5) is 0. The second kappa shape index (κ2) is 6.18. The van der Waals surface area contributed by atoms with E-state index in [1.807, 2.05) is 0 Å². The lowest BCUT2D eigenvalue weighted by Crippen LogP contribution is -2.14. The van der Waals surface area contributed by atoms with Crippen molar-refractivity contribution in [3.8, 4) is 0 Å². The third-order valence-electron chi connectivity index (χ3n) is 0.688. The summed E-state index contributed by atoms with van der Waals surface area (Å²) in [7, 11) is 0. The quantitative estimate of drug-likeness (QED) is 0.315. The summed E-state index contributed by atoms with van der Waals surface area (Å²) in [5.41, 5.74) is 0. The Bertz CT molecular complexity index is 27.3. The van der Waals surface area contributed by atoms with Gasteiger partial charge in [0, 0.05) is 0 Å². The van der Waals surface area contributed by atoms with Gasteiger partial charge in [0.05, 0.1) is 6.92 Å². The number of nitrogens with one attached hydrogen (secondary N) is 1. The van der Waals surface area contributed by atoms with Crippen LogP contribution in [0.5, 0.6) is 0 Å². The average Bonchev–Trinajstić information content (AvgIpc) is 1.69. The predicted molar refractivity (Wildman–Crippen MR) is 36.7 cm³/mol. The average molecular weight is 118 g/mol. The van der Waals surface area contributed by atoms with E-state index in [2.05, 4.69) is 24.9 Å². The molecule has 2 heteroatoms. The third-order valence-corrected chi connectivity index (χ3v) is 1.00. The Morgan fingerprint density at radius 3 is 2.71 bits per heavy atom. The summed E-state index contributed by atoms with van der Waals surface area (Å²) < 4.78 is 0. The molecule has 0 saturated heterocycles. The third kappa shape index (κ3) is 6.18. The van der Waals surface area contributed by atoms with Crippen LogP contribution in [0, 0.1) is 6.92 Å². The van der Waals surface area contributed by atoms with Crippen molar-refractivity contribution in [3.05, 3.63) is 6.92 Å². The second-order valence-electron chi connectivity index (χ2n) is 1.33. The molecule has 7 heavy (non-hydrogen) atoms. The van der Waals surface area contributed by atoms with E-state index in [9.17, 15) is 0 Å². The van der Waals surface area contributed by atoms with Crippen LogP contribution < -0.4 is 5.32 Å². The Labute approximate surface area is 50.9 Å². The summed E-state index contributed by atoms with van der Waals surface area (Å²) in [5, 5.41) is 3.09. The van der Waals surface area contributed by atoms with Gasteiger partial charge in [-0.15, -0.1) is 0 Å². The van der Waals surface area contributed by atoms with Crippen LogP contribution in [-0.2, 0) is 0 Å². The molecule has 0 spiro atoms. The molecule has 0 amide bonds. The van der Waals surface area contributed by atoms with Crippen LogP contribution in [0.2, 0.25) is 0 Å². The van der Waals surface area contributed by atoms with Gasteiger partial charge in [-0.05, 0) is 18.7 Å². The Kier molecular flexibility index (Phi) is 6.34. The van der Waals surface area contributed by atoms with Crippen LogP contribution in [0.4, 0.5) is 0 Å². The standard InChI is InChI=1S/C5H11NS/c1-2-6-4-3-5-7/h6H,1-5H2/p+1.